The van der Waals surface area contributed by atoms with E-state index in [0.29, 0.717) is 0 Å². The smallest absolute Gasteiger partial charge is 0.144 e. The summed E-state index contributed by atoms with van der Waals surface area (Å²) in [6.07, 6.45) is 0. The van der Waals surface area contributed by atoms with E-state index in [1.165, 1.54) is 53.9 Å². The predicted molar refractivity (Wildman–Crippen MR) is 181 cm³/mol. The lowest BCUT2D eigenvalue weighted by molar-refractivity contribution is 0.670. The maximum absolute atomic E-state index is 6.37. The van der Waals surface area contributed by atoms with Gasteiger partial charge in [0.1, 0.15) is 11.2 Å². The number of fused-ring (bicyclic) bond motifs is 9. The largest absolute Gasteiger partial charge is 0.455 e. The minimum atomic E-state index is 0.876. The predicted octanol–water partition coefficient (Wildman–Crippen LogP) is 11.5. The maximum atomic E-state index is 6.37. The Labute approximate surface area is 246 Å². The number of benzene rings is 8. The highest BCUT2D eigenvalue weighted by molar-refractivity contribution is 6.40. The molecule has 0 aliphatic heterocycles. The molecule has 8 aromatic carbocycles. The molecule has 0 unspecified atom stereocenters. The Morgan fingerprint density at radius 2 is 0.860 bits per heavy atom. The molecular formula is C41H23NO. The maximum Gasteiger partial charge on any atom is 0.144 e. The molecule has 0 aliphatic rings. The summed E-state index contributed by atoms with van der Waals surface area (Å²) in [5, 5.41) is 15.2. The zero-order valence-corrected chi connectivity index (χ0v) is 23.1. The fraction of sp³-hybridized carbons (Fsp3) is 0. The summed E-state index contributed by atoms with van der Waals surface area (Å²) in [5.74, 6) is 0. The van der Waals surface area contributed by atoms with Crippen LogP contribution in [0.3, 0.4) is 0 Å². The zero-order chi connectivity index (χ0) is 28.1. The Morgan fingerprint density at radius 3 is 1.56 bits per heavy atom. The number of pyridine rings is 1. The molecule has 0 aliphatic carbocycles. The molecule has 2 aromatic heterocycles. The molecule has 2 heteroatoms. The summed E-state index contributed by atoms with van der Waals surface area (Å²) < 4.78 is 6.37. The normalized spacial score (nSPS) is 12.2. The fourth-order valence-corrected chi connectivity index (χ4v) is 7.35. The number of rotatable bonds is 2. The van der Waals surface area contributed by atoms with Crippen molar-refractivity contribution >= 4 is 75.8 Å². The molecule has 198 valence electrons. The number of furan rings is 1. The fourth-order valence-electron chi connectivity index (χ4n) is 7.35. The summed E-state index contributed by atoms with van der Waals surface area (Å²) in [6.45, 7) is 0. The van der Waals surface area contributed by atoms with Gasteiger partial charge in [-0.05, 0) is 90.3 Å². The van der Waals surface area contributed by atoms with Gasteiger partial charge in [0, 0.05) is 21.9 Å². The molecule has 0 bridgehead atoms. The third-order valence-electron chi connectivity index (χ3n) is 9.19. The Morgan fingerprint density at radius 1 is 0.372 bits per heavy atom. The van der Waals surface area contributed by atoms with Crippen LogP contribution in [0.15, 0.2) is 144 Å². The minimum absolute atomic E-state index is 0.876. The first-order chi connectivity index (χ1) is 21.3. The SMILES string of the molecule is c1cc(-c2cc3c4ccccc4c4cccc5c6ccccc6c(c2)c3c45)nc(-c2cccc3c2oc2ccccc23)c1. The van der Waals surface area contributed by atoms with Crippen molar-refractivity contribution in [3.63, 3.8) is 0 Å². The van der Waals surface area contributed by atoms with Crippen LogP contribution in [-0.4, -0.2) is 4.98 Å². The second-order valence-corrected chi connectivity index (χ2v) is 11.5. The van der Waals surface area contributed by atoms with Crippen LogP contribution in [0, 0.1) is 0 Å². The van der Waals surface area contributed by atoms with Crippen LogP contribution >= 0.6 is 0 Å². The van der Waals surface area contributed by atoms with Crippen molar-refractivity contribution in [3.05, 3.63) is 140 Å². The lowest BCUT2D eigenvalue weighted by Crippen LogP contribution is -1.92. The van der Waals surface area contributed by atoms with E-state index in [1.54, 1.807) is 0 Å². The van der Waals surface area contributed by atoms with Gasteiger partial charge >= 0.3 is 0 Å². The van der Waals surface area contributed by atoms with Gasteiger partial charge in [0.05, 0.1) is 11.4 Å². The van der Waals surface area contributed by atoms with Gasteiger partial charge in [-0.15, -0.1) is 0 Å². The first-order valence-corrected chi connectivity index (χ1v) is 14.7. The van der Waals surface area contributed by atoms with Gasteiger partial charge in [0.2, 0.25) is 0 Å². The Kier molecular flexibility index (Phi) is 4.48. The van der Waals surface area contributed by atoms with Crippen LogP contribution in [0.4, 0.5) is 0 Å². The van der Waals surface area contributed by atoms with E-state index in [-0.39, 0.29) is 0 Å². The molecule has 10 aromatic rings. The number of hydrogen-bond acceptors (Lipinski definition) is 2. The van der Waals surface area contributed by atoms with Gasteiger partial charge in [-0.25, -0.2) is 4.98 Å². The van der Waals surface area contributed by atoms with Crippen molar-refractivity contribution in [2.45, 2.75) is 0 Å². The average Bonchev–Trinajstić information content (AvgIpc) is 3.47. The molecule has 0 radical (unpaired) electrons. The van der Waals surface area contributed by atoms with E-state index in [2.05, 4.69) is 127 Å². The van der Waals surface area contributed by atoms with Crippen molar-refractivity contribution in [2.75, 3.05) is 0 Å². The second kappa shape index (κ2) is 8.40. The van der Waals surface area contributed by atoms with Gasteiger partial charge in [-0.1, -0.05) is 103 Å². The monoisotopic (exact) mass is 545 g/mol. The summed E-state index contributed by atoms with van der Waals surface area (Å²) in [7, 11) is 0. The molecule has 43 heavy (non-hydrogen) atoms. The van der Waals surface area contributed by atoms with Crippen LogP contribution in [0.5, 0.6) is 0 Å². The molecule has 0 N–H and O–H groups in total. The van der Waals surface area contributed by atoms with Gasteiger partial charge in [0.15, 0.2) is 0 Å². The first-order valence-electron chi connectivity index (χ1n) is 14.7. The molecule has 0 saturated heterocycles. The van der Waals surface area contributed by atoms with Gasteiger partial charge in [-0.3, -0.25) is 0 Å². The third kappa shape index (κ3) is 3.10. The van der Waals surface area contributed by atoms with Crippen molar-refractivity contribution < 1.29 is 4.42 Å². The van der Waals surface area contributed by atoms with Crippen molar-refractivity contribution in [3.8, 4) is 22.5 Å². The van der Waals surface area contributed by atoms with E-state index < -0.39 is 0 Å². The molecular weight excluding hydrogens is 522 g/mol. The quantitative estimate of drug-likeness (QED) is 0.159. The van der Waals surface area contributed by atoms with Gasteiger partial charge in [0.25, 0.3) is 0 Å². The summed E-state index contributed by atoms with van der Waals surface area (Å²) in [4.78, 5) is 5.27. The van der Waals surface area contributed by atoms with Crippen LogP contribution in [-0.2, 0) is 0 Å². The molecule has 0 saturated carbocycles. The minimum Gasteiger partial charge on any atom is -0.455 e. The summed E-state index contributed by atoms with van der Waals surface area (Å²) in [6, 6.07) is 49.9. The summed E-state index contributed by atoms with van der Waals surface area (Å²) >= 11 is 0. The Bertz CT molecular complexity index is 2630. The molecule has 0 atom stereocenters. The molecule has 2 heterocycles. The zero-order valence-electron chi connectivity index (χ0n) is 23.1. The van der Waals surface area contributed by atoms with Crippen LogP contribution in [0.25, 0.3) is 98.3 Å². The standard InChI is InChI=1S/C41H23NO/c1-3-12-27-25(10-1)30-15-7-16-31-26-11-2-4-13-28(26)35-23-24(22-34(27)40(35)39(30)31)36-19-9-20-37(42-36)33-18-8-17-32-29-14-5-6-21-38(29)43-41(32)33/h1-23H. The highest BCUT2D eigenvalue weighted by Crippen LogP contribution is 2.46. The van der Waals surface area contributed by atoms with Crippen LogP contribution < -0.4 is 0 Å². The molecule has 0 amide bonds. The third-order valence-corrected chi connectivity index (χ3v) is 9.19. The highest BCUT2D eigenvalue weighted by Gasteiger charge is 2.19. The molecule has 0 fully saturated rings. The first kappa shape index (κ1) is 22.9. The lowest BCUT2D eigenvalue weighted by Gasteiger charge is -2.18. The number of para-hydroxylation sites is 2. The highest BCUT2D eigenvalue weighted by atomic mass is 16.3. The van der Waals surface area contributed by atoms with Crippen molar-refractivity contribution in [2.24, 2.45) is 0 Å². The van der Waals surface area contributed by atoms with E-state index in [1.807, 2.05) is 12.1 Å². The average molecular weight is 546 g/mol. The van der Waals surface area contributed by atoms with Crippen molar-refractivity contribution in [1.82, 2.24) is 4.98 Å². The Hall–Kier alpha value is -5.73. The molecule has 2 nitrogen and oxygen atoms in total. The van der Waals surface area contributed by atoms with Crippen molar-refractivity contribution in [1.29, 1.82) is 0 Å². The number of hydrogen-bond donors (Lipinski definition) is 0. The molecule has 10 rings (SSSR count). The van der Waals surface area contributed by atoms with Crippen LogP contribution in [0.1, 0.15) is 0 Å². The van der Waals surface area contributed by atoms with E-state index in [9.17, 15) is 0 Å². The van der Waals surface area contributed by atoms with Gasteiger partial charge < -0.3 is 4.42 Å². The number of nitrogens with zero attached hydrogens (tertiary/aromatic N) is 1. The van der Waals surface area contributed by atoms with E-state index >= 15 is 0 Å². The topological polar surface area (TPSA) is 26.0 Å². The number of aromatic nitrogens is 1. The summed E-state index contributed by atoms with van der Waals surface area (Å²) in [5.41, 5.74) is 5.74. The van der Waals surface area contributed by atoms with Gasteiger partial charge in [-0.2, -0.15) is 0 Å². The lowest BCUT2D eigenvalue weighted by atomic mass is 9.85. The van der Waals surface area contributed by atoms with Crippen LogP contribution in [0.2, 0.25) is 0 Å². The van der Waals surface area contributed by atoms with E-state index in [4.69, 9.17) is 9.40 Å². The van der Waals surface area contributed by atoms with E-state index in [0.717, 1.165) is 44.5 Å². The second-order valence-electron chi connectivity index (χ2n) is 11.5. The Balaban J connectivity index is 1.30. The molecule has 0 spiro atoms.